The van der Waals surface area contributed by atoms with E-state index in [0.29, 0.717) is 6.04 Å². The molecule has 1 unspecified atom stereocenters. The van der Waals surface area contributed by atoms with Gasteiger partial charge in [-0.15, -0.1) is 0 Å². The first-order chi connectivity index (χ1) is 7.77. The van der Waals surface area contributed by atoms with E-state index < -0.39 is 0 Å². The third kappa shape index (κ3) is 3.24. The zero-order valence-electron chi connectivity index (χ0n) is 11.0. The lowest BCUT2D eigenvalue weighted by Crippen LogP contribution is -2.50. The molecule has 2 rings (SSSR count). The molecule has 1 fully saturated rings. The maximum atomic E-state index is 2.49. The van der Waals surface area contributed by atoms with Crippen molar-refractivity contribution in [2.75, 3.05) is 31.6 Å². The van der Waals surface area contributed by atoms with Gasteiger partial charge in [0.1, 0.15) is 0 Å². The van der Waals surface area contributed by atoms with Crippen molar-refractivity contribution < 1.29 is 0 Å². The van der Waals surface area contributed by atoms with Gasteiger partial charge in [-0.25, -0.2) is 0 Å². The molecule has 0 amide bonds. The van der Waals surface area contributed by atoms with E-state index in [0.717, 1.165) is 13.1 Å². The van der Waals surface area contributed by atoms with Crippen LogP contribution >= 0.6 is 0 Å². The molecule has 0 bridgehead atoms. The Balaban J connectivity index is 0.000000606. The van der Waals surface area contributed by atoms with Crippen LogP contribution in [0.5, 0.6) is 0 Å². The molecular formula is C14H24N2. The molecule has 0 aliphatic carbocycles. The van der Waals surface area contributed by atoms with Crippen molar-refractivity contribution in [2.45, 2.75) is 26.8 Å². The van der Waals surface area contributed by atoms with Crippen LogP contribution in [0.4, 0.5) is 5.69 Å². The van der Waals surface area contributed by atoms with Gasteiger partial charge in [0.05, 0.1) is 0 Å². The highest BCUT2D eigenvalue weighted by Crippen LogP contribution is 2.19. The van der Waals surface area contributed by atoms with Crippen molar-refractivity contribution in [2.24, 2.45) is 0 Å². The summed E-state index contributed by atoms with van der Waals surface area (Å²) in [7, 11) is 2.19. The predicted octanol–water partition coefficient (Wildman–Crippen LogP) is 2.85. The summed E-state index contributed by atoms with van der Waals surface area (Å²) < 4.78 is 0. The zero-order chi connectivity index (χ0) is 12.0. The first-order valence-corrected chi connectivity index (χ1v) is 6.27. The van der Waals surface area contributed by atoms with Crippen LogP contribution in [0.2, 0.25) is 0 Å². The van der Waals surface area contributed by atoms with Crippen molar-refractivity contribution in [1.29, 1.82) is 0 Å². The van der Waals surface area contributed by atoms with E-state index in [2.05, 4.69) is 54.1 Å². The summed E-state index contributed by atoms with van der Waals surface area (Å²) in [4.78, 5) is 4.88. The standard InChI is InChI=1S/C12H18N2.C2H6/c1-11-10-13(2)8-9-14(11)12-6-4-3-5-7-12;1-2/h3-7,11H,8-10H2,1-2H3;1-2H3. The third-order valence-corrected chi connectivity index (χ3v) is 2.92. The highest BCUT2D eigenvalue weighted by Gasteiger charge is 2.20. The summed E-state index contributed by atoms with van der Waals surface area (Å²) >= 11 is 0. The monoisotopic (exact) mass is 220 g/mol. The second-order valence-electron chi connectivity index (χ2n) is 4.14. The lowest BCUT2D eigenvalue weighted by Gasteiger charge is -2.39. The number of benzene rings is 1. The fraction of sp³-hybridized carbons (Fsp3) is 0.571. The molecule has 0 spiro atoms. The molecule has 90 valence electrons. The average Bonchev–Trinajstić information content (AvgIpc) is 2.33. The Morgan fingerprint density at radius 2 is 1.69 bits per heavy atom. The largest absolute Gasteiger partial charge is 0.366 e. The van der Waals surface area contributed by atoms with Crippen LogP contribution in [0.15, 0.2) is 30.3 Å². The van der Waals surface area contributed by atoms with E-state index in [1.807, 2.05) is 13.8 Å². The molecular weight excluding hydrogens is 196 g/mol. The van der Waals surface area contributed by atoms with E-state index in [9.17, 15) is 0 Å². The Morgan fingerprint density at radius 1 is 1.06 bits per heavy atom. The molecule has 0 radical (unpaired) electrons. The summed E-state index contributed by atoms with van der Waals surface area (Å²) in [5, 5.41) is 0. The minimum Gasteiger partial charge on any atom is -0.366 e. The Hall–Kier alpha value is -1.02. The zero-order valence-corrected chi connectivity index (χ0v) is 11.0. The highest BCUT2D eigenvalue weighted by atomic mass is 15.3. The third-order valence-electron chi connectivity index (χ3n) is 2.92. The Morgan fingerprint density at radius 3 is 2.25 bits per heavy atom. The van der Waals surface area contributed by atoms with E-state index in [-0.39, 0.29) is 0 Å². The van der Waals surface area contributed by atoms with Crippen LogP contribution in [0.3, 0.4) is 0 Å². The number of likely N-dealkylation sites (N-methyl/N-ethyl adjacent to an activating group) is 1. The first kappa shape index (κ1) is 13.0. The summed E-state index contributed by atoms with van der Waals surface area (Å²) in [6.45, 7) is 9.76. The van der Waals surface area contributed by atoms with Gasteiger partial charge in [-0.3, -0.25) is 0 Å². The lowest BCUT2D eigenvalue weighted by atomic mass is 10.1. The number of piperazine rings is 1. The molecule has 1 aromatic rings. The van der Waals surface area contributed by atoms with Gasteiger partial charge in [-0.2, -0.15) is 0 Å². The van der Waals surface area contributed by atoms with Crippen molar-refractivity contribution in [3.8, 4) is 0 Å². The normalized spacial score (nSPS) is 21.2. The van der Waals surface area contributed by atoms with Crippen LogP contribution in [-0.2, 0) is 0 Å². The van der Waals surface area contributed by atoms with Crippen LogP contribution in [0.25, 0.3) is 0 Å². The van der Waals surface area contributed by atoms with Gasteiger partial charge >= 0.3 is 0 Å². The minimum absolute atomic E-state index is 0.621. The van der Waals surface area contributed by atoms with Crippen molar-refractivity contribution in [1.82, 2.24) is 4.90 Å². The Kier molecular flexibility index (Phi) is 5.33. The summed E-state index contributed by atoms with van der Waals surface area (Å²) in [5.74, 6) is 0. The number of rotatable bonds is 1. The minimum atomic E-state index is 0.621. The molecule has 0 N–H and O–H groups in total. The van der Waals surface area contributed by atoms with Crippen molar-refractivity contribution in [3.05, 3.63) is 30.3 Å². The maximum Gasteiger partial charge on any atom is 0.0389 e. The van der Waals surface area contributed by atoms with Gasteiger partial charge in [0.15, 0.2) is 0 Å². The molecule has 2 heteroatoms. The summed E-state index contributed by atoms with van der Waals surface area (Å²) in [6.07, 6.45) is 0. The molecule has 16 heavy (non-hydrogen) atoms. The van der Waals surface area contributed by atoms with Gasteiger partial charge in [0.25, 0.3) is 0 Å². The SMILES string of the molecule is CC.CC1CN(C)CCN1c1ccccc1. The molecule has 0 aromatic heterocycles. The van der Waals surface area contributed by atoms with Gasteiger partial charge < -0.3 is 9.80 Å². The van der Waals surface area contributed by atoms with Crippen LogP contribution in [-0.4, -0.2) is 37.6 Å². The number of hydrogen-bond acceptors (Lipinski definition) is 2. The Labute approximate surface area is 99.9 Å². The van der Waals surface area contributed by atoms with Gasteiger partial charge in [0.2, 0.25) is 0 Å². The fourth-order valence-electron chi connectivity index (χ4n) is 2.14. The van der Waals surface area contributed by atoms with Crippen molar-refractivity contribution in [3.63, 3.8) is 0 Å². The van der Waals surface area contributed by atoms with Gasteiger partial charge in [-0.05, 0) is 26.1 Å². The van der Waals surface area contributed by atoms with Gasteiger partial charge in [-0.1, -0.05) is 32.0 Å². The molecule has 1 saturated heterocycles. The molecule has 1 aliphatic heterocycles. The lowest BCUT2D eigenvalue weighted by molar-refractivity contribution is 0.275. The quantitative estimate of drug-likeness (QED) is 0.718. The van der Waals surface area contributed by atoms with Gasteiger partial charge in [0, 0.05) is 31.4 Å². The second-order valence-corrected chi connectivity index (χ2v) is 4.14. The maximum absolute atomic E-state index is 2.49. The average molecular weight is 220 g/mol. The first-order valence-electron chi connectivity index (χ1n) is 6.27. The molecule has 1 atom stereocenters. The summed E-state index contributed by atoms with van der Waals surface area (Å²) in [5.41, 5.74) is 1.35. The van der Waals surface area contributed by atoms with Crippen LogP contribution in [0.1, 0.15) is 20.8 Å². The predicted molar refractivity (Wildman–Crippen MR) is 72.1 cm³/mol. The second kappa shape index (κ2) is 6.54. The van der Waals surface area contributed by atoms with E-state index in [4.69, 9.17) is 0 Å². The summed E-state index contributed by atoms with van der Waals surface area (Å²) in [6, 6.07) is 11.3. The molecule has 1 heterocycles. The van der Waals surface area contributed by atoms with E-state index >= 15 is 0 Å². The number of hydrogen-bond donors (Lipinski definition) is 0. The molecule has 0 saturated carbocycles. The van der Waals surface area contributed by atoms with Crippen LogP contribution < -0.4 is 4.90 Å². The van der Waals surface area contributed by atoms with Crippen LogP contribution in [0, 0.1) is 0 Å². The highest BCUT2D eigenvalue weighted by molar-refractivity contribution is 5.47. The van der Waals surface area contributed by atoms with E-state index in [1.54, 1.807) is 0 Å². The van der Waals surface area contributed by atoms with Crippen molar-refractivity contribution >= 4 is 5.69 Å². The fourth-order valence-corrected chi connectivity index (χ4v) is 2.14. The smallest absolute Gasteiger partial charge is 0.0389 e. The number of para-hydroxylation sites is 1. The molecule has 2 nitrogen and oxygen atoms in total. The topological polar surface area (TPSA) is 6.48 Å². The number of nitrogens with zero attached hydrogens (tertiary/aromatic N) is 2. The molecule has 1 aliphatic rings. The molecule has 1 aromatic carbocycles. The number of anilines is 1. The van der Waals surface area contributed by atoms with E-state index in [1.165, 1.54) is 12.2 Å². The Bertz CT molecular complexity index is 284.